The summed E-state index contributed by atoms with van der Waals surface area (Å²) < 4.78 is 0. The Labute approximate surface area is 125 Å². The van der Waals surface area contributed by atoms with Crippen molar-refractivity contribution in [2.24, 2.45) is 0 Å². The first kappa shape index (κ1) is 14.7. The van der Waals surface area contributed by atoms with Gasteiger partial charge in [0.15, 0.2) is 0 Å². The van der Waals surface area contributed by atoms with Crippen molar-refractivity contribution in [2.45, 2.75) is 20.3 Å². The molecule has 0 aliphatic heterocycles. The van der Waals surface area contributed by atoms with Gasteiger partial charge in [0.1, 0.15) is 10.0 Å². The lowest BCUT2D eigenvalue weighted by Crippen LogP contribution is -2.05. The molecule has 0 atom stereocenters. The number of aromatic nitrogens is 1. The minimum absolute atomic E-state index is 0.125. The number of anilines is 1. The Bertz CT molecular complexity index is 667. The topological polar surface area (TPSA) is 59.1 Å². The van der Waals surface area contributed by atoms with Crippen LogP contribution in [-0.4, -0.2) is 16.1 Å². The molecule has 1 N–H and O–H groups in total. The average Bonchev–Trinajstić information content (AvgIpc) is 2.81. The van der Waals surface area contributed by atoms with Crippen LogP contribution in [0.2, 0.25) is 0 Å². The van der Waals surface area contributed by atoms with E-state index in [1.165, 1.54) is 18.3 Å². The fraction of sp³-hybridized carbons (Fsp3) is 0.214. The summed E-state index contributed by atoms with van der Waals surface area (Å²) in [6.07, 6.45) is 0.722. The number of carbonyl (C=O) groups is 2. The summed E-state index contributed by atoms with van der Waals surface area (Å²) in [4.78, 5) is 26.9. The maximum Gasteiger partial charge on any atom is 0.252 e. The van der Waals surface area contributed by atoms with Crippen LogP contribution in [0.1, 0.15) is 29.9 Å². The van der Waals surface area contributed by atoms with Crippen LogP contribution in [0.4, 0.5) is 5.00 Å². The molecule has 20 heavy (non-hydrogen) atoms. The Morgan fingerprint density at radius 2 is 2.15 bits per heavy atom. The summed E-state index contributed by atoms with van der Waals surface area (Å²) in [6.45, 7) is 3.44. The first-order valence-corrected chi connectivity index (χ1v) is 7.28. The van der Waals surface area contributed by atoms with Gasteiger partial charge in [0.05, 0.1) is 5.69 Å². The monoisotopic (exact) mass is 308 g/mol. The third-order valence-electron chi connectivity index (χ3n) is 2.66. The van der Waals surface area contributed by atoms with Gasteiger partial charge in [-0.15, -0.1) is 0 Å². The molecule has 4 nitrogen and oxygen atoms in total. The third-order valence-corrected chi connectivity index (χ3v) is 3.94. The van der Waals surface area contributed by atoms with Gasteiger partial charge < -0.3 is 5.32 Å². The van der Waals surface area contributed by atoms with Crippen molar-refractivity contribution >= 4 is 39.1 Å². The lowest BCUT2D eigenvalue weighted by Gasteiger charge is -1.98. The minimum atomic E-state index is -0.499. The van der Waals surface area contributed by atoms with Gasteiger partial charge in [-0.25, -0.2) is 4.98 Å². The fourth-order valence-corrected chi connectivity index (χ4v) is 2.96. The average molecular weight is 309 g/mol. The van der Waals surface area contributed by atoms with Gasteiger partial charge in [0, 0.05) is 18.1 Å². The SMILES string of the molecule is CCc1nc(-c2cccc(C(=O)Cl)c2)sc1NC(C)=O. The Kier molecular flexibility index (Phi) is 4.52. The fourth-order valence-electron chi connectivity index (χ4n) is 1.75. The van der Waals surface area contributed by atoms with Crippen molar-refractivity contribution in [3.63, 3.8) is 0 Å². The maximum absolute atomic E-state index is 11.2. The highest BCUT2D eigenvalue weighted by Gasteiger charge is 2.13. The van der Waals surface area contributed by atoms with Gasteiger partial charge in [0.2, 0.25) is 5.91 Å². The van der Waals surface area contributed by atoms with Crippen molar-refractivity contribution in [2.75, 3.05) is 5.32 Å². The van der Waals surface area contributed by atoms with E-state index in [-0.39, 0.29) is 5.91 Å². The van der Waals surface area contributed by atoms with Crippen LogP contribution in [0.25, 0.3) is 10.6 Å². The second kappa shape index (κ2) is 6.15. The Morgan fingerprint density at radius 3 is 2.75 bits per heavy atom. The molecule has 0 spiro atoms. The number of carbonyl (C=O) groups excluding carboxylic acids is 2. The summed E-state index contributed by atoms with van der Waals surface area (Å²) in [5, 5.41) is 3.78. The molecule has 0 saturated heterocycles. The number of benzene rings is 1. The lowest BCUT2D eigenvalue weighted by atomic mass is 10.1. The van der Waals surface area contributed by atoms with E-state index in [0.29, 0.717) is 5.56 Å². The molecule has 0 bridgehead atoms. The maximum atomic E-state index is 11.2. The second-order valence-corrected chi connectivity index (χ2v) is 5.53. The zero-order chi connectivity index (χ0) is 14.7. The molecule has 2 rings (SSSR count). The molecule has 2 aromatic rings. The van der Waals surface area contributed by atoms with E-state index in [0.717, 1.165) is 27.7 Å². The zero-order valence-electron chi connectivity index (χ0n) is 11.1. The van der Waals surface area contributed by atoms with Crippen molar-refractivity contribution < 1.29 is 9.59 Å². The molecule has 0 aliphatic rings. The van der Waals surface area contributed by atoms with Crippen LogP contribution in [0.5, 0.6) is 0 Å². The quantitative estimate of drug-likeness (QED) is 0.876. The molecule has 1 amide bonds. The van der Waals surface area contributed by atoms with Crippen molar-refractivity contribution in [1.82, 2.24) is 4.98 Å². The molecule has 1 aromatic heterocycles. The number of nitrogens with one attached hydrogen (secondary N) is 1. The summed E-state index contributed by atoms with van der Waals surface area (Å²) in [7, 11) is 0. The van der Waals surface area contributed by atoms with Crippen LogP contribution >= 0.6 is 22.9 Å². The van der Waals surface area contributed by atoms with Crippen LogP contribution in [0, 0.1) is 0 Å². The van der Waals surface area contributed by atoms with Gasteiger partial charge in [-0.1, -0.05) is 36.5 Å². The van der Waals surface area contributed by atoms with Gasteiger partial charge in [-0.3, -0.25) is 9.59 Å². The summed E-state index contributed by atoms with van der Waals surface area (Å²) in [6, 6.07) is 6.97. The number of amides is 1. The molecule has 1 heterocycles. The lowest BCUT2D eigenvalue weighted by molar-refractivity contribution is -0.114. The van der Waals surface area contributed by atoms with Crippen LogP contribution in [0.3, 0.4) is 0 Å². The van der Waals surface area contributed by atoms with Gasteiger partial charge in [-0.2, -0.15) is 0 Å². The van der Waals surface area contributed by atoms with Crippen molar-refractivity contribution in [3.8, 4) is 10.6 Å². The van der Waals surface area contributed by atoms with E-state index < -0.39 is 5.24 Å². The summed E-state index contributed by atoms with van der Waals surface area (Å²) in [5.74, 6) is -0.125. The molecule has 0 aliphatic carbocycles. The van der Waals surface area contributed by atoms with E-state index >= 15 is 0 Å². The highest BCUT2D eigenvalue weighted by molar-refractivity contribution is 7.19. The second-order valence-electron chi connectivity index (χ2n) is 4.18. The van der Waals surface area contributed by atoms with E-state index in [4.69, 9.17) is 11.6 Å². The molecular formula is C14H13ClN2O2S. The molecular weight excluding hydrogens is 296 g/mol. The highest BCUT2D eigenvalue weighted by Crippen LogP contribution is 2.33. The van der Waals surface area contributed by atoms with E-state index in [9.17, 15) is 9.59 Å². The summed E-state index contributed by atoms with van der Waals surface area (Å²) >= 11 is 6.87. The van der Waals surface area contributed by atoms with Gasteiger partial charge >= 0.3 is 0 Å². The smallest absolute Gasteiger partial charge is 0.252 e. The van der Waals surface area contributed by atoms with Crippen LogP contribution < -0.4 is 5.32 Å². The molecule has 0 radical (unpaired) electrons. The first-order chi connectivity index (χ1) is 9.51. The first-order valence-electron chi connectivity index (χ1n) is 6.08. The highest BCUT2D eigenvalue weighted by atomic mass is 35.5. The largest absolute Gasteiger partial charge is 0.316 e. The Morgan fingerprint density at radius 1 is 1.40 bits per heavy atom. The van der Waals surface area contributed by atoms with Crippen molar-refractivity contribution in [1.29, 1.82) is 0 Å². The molecule has 0 saturated carbocycles. The normalized spacial score (nSPS) is 10.3. The number of halogens is 1. The Hall–Kier alpha value is -1.72. The predicted molar refractivity (Wildman–Crippen MR) is 81.4 cm³/mol. The number of rotatable bonds is 4. The Balaban J connectivity index is 2.42. The van der Waals surface area contributed by atoms with Gasteiger partial charge in [-0.05, 0) is 24.1 Å². The van der Waals surface area contributed by atoms with Crippen LogP contribution in [0.15, 0.2) is 24.3 Å². The standard InChI is InChI=1S/C14H13ClN2O2S/c1-3-11-14(16-8(2)18)20-13(17-11)10-6-4-5-9(7-10)12(15)19/h4-7H,3H2,1-2H3,(H,16,18). The molecule has 0 fully saturated rings. The predicted octanol–water partition coefficient (Wildman–Crippen LogP) is 3.71. The van der Waals surface area contributed by atoms with E-state index in [1.54, 1.807) is 18.2 Å². The molecule has 6 heteroatoms. The number of hydrogen-bond acceptors (Lipinski definition) is 4. The molecule has 0 unspecified atom stereocenters. The minimum Gasteiger partial charge on any atom is -0.316 e. The van der Waals surface area contributed by atoms with Crippen molar-refractivity contribution in [3.05, 3.63) is 35.5 Å². The zero-order valence-corrected chi connectivity index (χ0v) is 12.6. The molecule has 104 valence electrons. The van der Waals surface area contributed by atoms with E-state index in [1.807, 2.05) is 13.0 Å². The van der Waals surface area contributed by atoms with Gasteiger partial charge in [0.25, 0.3) is 5.24 Å². The number of nitrogens with zero attached hydrogens (tertiary/aromatic N) is 1. The number of hydrogen-bond donors (Lipinski definition) is 1. The van der Waals surface area contributed by atoms with Crippen LogP contribution in [-0.2, 0) is 11.2 Å². The summed E-state index contributed by atoms with van der Waals surface area (Å²) in [5.41, 5.74) is 2.08. The third kappa shape index (κ3) is 3.23. The number of aryl methyl sites for hydroxylation is 1. The molecule has 1 aromatic carbocycles. The van der Waals surface area contributed by atoms with E-state index in [2.05, 4.69) is 10.3 Å². The number of thiazole rings is 1.